The minimum Gasteiger partial charge on any atom is -0.463 e. The summed E-state index contributed by atoms with van der Waals surface area (Å²) in [5.74, 6) is -2.91. The van der Waals surface area contributed by atoms with Gasteiger partial charge in [0.15, 0.2) is 18.4 Å². The fourth-order valence-electron chi connectivity index (χ4n) is 3.80. The Balaban J connectivity index is 1.83. The lowest BCUT2D eigenvalue weighted by Gasteiger charge is -2.24. The van der Waals surface area contributed by atoms with E-state index in [2.05, 4.69) is 20.1 Å². The Labute approximate surface area is 200 Å². The van der Waals surface area contributed by atoms with Gasteiger partial charge in [0.2, 0.25) is 12.1 Å². The molecule has 1 aliphatic rings. The third kappa shape index (κ3) is 4.63. The van der Waals surface area contributed by atoms with Crippen LogP contribution in [0.5, 0.6) is 0 Å². The zero-order valence-corrected chi connectivity index (χ0v) is 19.0. The van der Waals surface area contributed by atoms with Crippen molar-refractivity contribution in [3.63, 3.8) is 0 Å². The lowest BCUT2D eigenvalue weighted by atomic mass is 10.1. The maximum atomic E-state index is 13.2. The number of nitro groups is 1. The number of fused-ring (bicyclic) bond motifs is 1. The maximum absolute atomic E-state index is 13.2. The molecule has 0 amide bonds. The number of ether oxygens (including phenoxy) is 4. The predicted octanol–water partition coefficient (Wildman–Crippen LogP) is -0.463. The van der Waals surface area contributed by atoms with Crippen molar-refractivity contribution in [3.05, 3.63) is 39.2 Å². The molecular weight excluding hydrogens is 486 g/mol. The summed E-state index contributed by atoms with van der Waals surface area (Å²) < 4.78 is 23.6. The summed E-state index contributed by atoms with van der Waals surface area (Å²) in [4.78, 5) is 68.8. The van der Waals surface area contributed by atoms with Crippen molar-refractivity contribution in [1.29, 1.82) is 0 Å². The molecule has 0 saturated carbocycles. The van der Waals surface area contributed by atoms with Gasteiger partial charge in [-0.15, -0.1) is 4.68 Å². The minimum absolute atomic E-state index is 0.0908. The standard InChI is InChI=1S/C19H19N7O10/c1-8(27)33-6-12-14(34-9(2)28)15(35-10(3)29)17(36-12)25-11-4-5-20-13(11)16(22-19(25)30)24-7-21-18(23-24)26(31)32/h4-5,7,12,14-15,17,20H,6H2,1-3H3/t12-,14-,15+,17-/m1/s1. The zero-order chi connectivity index (χ0) is 26.1. The summed E-state index contributed by atoms with van der Waals surface area (Å²) in [6.07, 6.45) is -2.50. The van der Waals surface area contributed by atoms with Gasteiger partial charge >= 0.3 is 29.5 Å². The fraction of sp³-hybridized carbons (Fsp3) is 0.421. The van der Waals surface area contributed by atoms with Crippen molar-refractivity contribution in [1.82, 2.24) is 29.3 Å². The SMILES string of the molecule is CC(=O)OC[C@H]1O[C@@H](n2c(=O)nc(-n3cnc([N+](=O)[O-])n3)c3[nH]ccc32)[C@@H](OC(C)=O)[C@@H]1OC(C)=O. The third-order valence-corrected chi connectivity index (χ3v) is 5.07. The molecular formula is C19H19N7O10. The largest absolute Gasteiger partial charge is 0.491 e. The summed E-state index contributed by atoms with van der Waals surface area (Å²) in [5, 5.41) is 14.7. The van der Waals surface area contributed by atoms with E-state index in [9.17, 15) is 29.3 Å². The zero-order valence-electron chi connectivity index (χ0n) is 19.0. The number of carbonyl (C=O) groups is 3. The Morgan fingerprint density at radius 1 is 1.17 bits per heavy atom. The van der Waals surface area contributed by atoms with Crippen LogP contribution < -0.4 is 5.69 Å². The second-order valence-corrected chi connectivity index (χ2v) is 7.59. The number of nitrogens with one attached hydrogen (secondary N) is 1. The first-order valence-electron chi connectivity index (χ1n) is 10.4. The van der Waals surface area contributed by atoms with Crippen LogP contribution in [0, 0.1) is 10.1 Å². The molecule has 0 radical (unpaired) electrons. The Hall–Kier alpha value is -4.67. The van der Waals surface area contributed by atoms with Gasteiger partial charge in [0.1, 0.15) is 18.2 Å². The molecule has 0 unspecified atom stereocenters. The molecule has 4 atom stereocenters. The highest BCUT2D eigenvalue weighted by Crippen LogP contribution is 2.35. The van der Waals surface area contributed by atoms with E-state index in [-0.39, 0.29) is 23.5 Å². The van der Waals surface area contributed by atoms with Crippen molar-refractivity contribution >= 4 is 34.9 Å². The van der Waals surface area contributed by atoms with Crippen LogP contribution in [0.25, 0.3) is 16.9 Å². The van der Waals surface area contributed by atoms with E-state index in [1.807, 2.05) is 0 Å². The number of hydrogen-bond donors (Lipinski definition) is 1. The number of nitrogens with zero attached hydrogens (tertiary/aromatic N) is 6. The van der Waals surface area contributed by atoms with Crippen molar-refractivity contribution in [2.75, 3.05) is 6.61 Å². The van der Waals surface area contributed by atoms with E-state index in [1.165, 1.54) is 19.2 Å². The molecule has 190 valence electrons. The highest BCUT2D eigenvalue weighted by molar-refractivity contribution is 5.82. The second-order valence-electron chi connectivity index (χ2n) is 7.59. The molecule has 17 heteroatoms. The fourth-order valence-corrected chi connectivity index (χ4v) is 3.80. The number of hydrogen-bond acceptors (Lipinski definition) is 13. The Morgan fingerprint density at radius 3 is 2.47 bits per heavy atom. The lowest BCUT2D eigenvalue weighted by molar-refractivity contribution is -0.394. The third-order valence-electron chi connectivity index (χ3n) is 5.07. The average molecular weight is 505 g/mol. The Bertz CT molecular complexity index is 1410. The Morgan fingerprint density at radius 2 is 1.86 bits per heavy atom. The number of H-pyrrole nitrogens is 1. The molecule has 0 aliphatic carbocycles. The second kappa shape index (κ2) is 9.53. The van der Waals surface area contributed by atoms with Gasteiger partial charge in [0, 0.05) is 32.1 Å². The van der Waals surface area contributed by atoms with Crippen LogP contribution in [0.15, 0.2) is 23.4 Å². The number of esters is 3. The van der Waals surface area contributed by atoms with Gasteiger partial charge in [-0.1, -0.05) is 4.98 Å². The molecule has 0 bridgehead atoms. The van der Waals surface area contributed by atoms with Gasteiger partial charge in [0.25, 0.3) is 0 Å². The molecule has 1 saturated heterocycles. The van der Waals surface area contributed by atoms with Gasteiger partial charge in [-0.05, 0) is 11.0 Å². The van der Waals surface area contributed by atoms with Gasteiger partial charge in [-0.2, -0.15) is 4.98 Å². The summed E-state index contributed by atoms with van der Waals surface area (Å²) in [6, 6.07) is 1.49. The predicted molar refractivity (Wildman–Crippen MR) is 114 cm³/mol. The first kappa shape index (κ1) is 24.5. The van der Waals surface area contributed by atoms with E-state index in [1.54, 1.807) is 0 Å². The van der Waals surface area contributed by atoms with Crippen LogP contribution in [0.4, 0.5) is 5.95 Å². The highest BCUT2D eigenvalue weighted by Gasteiger charge is 2.51. The van der Waals surface area contributed by atoms with E-state index >= 15 is 0 Å². The summed E-state index contributed by atoms with van der Waals surface area (Å²) >= 11 is 0. The molecule has 1 aliphatic heterocycles. The molecule has 3 aromatic heterocycles. The quantitative estimate of drug-likeness (QED) is 0.186. The van der Waals surface area contributed by atoms with Crippen LogP contribution in [-0.2, 0) is 33.3 Å². The van der Waals surface area contributed by atoms with Crippen molar-refractivity contribution in [2.45, 2.75) is 45.3 Å². The summed E-state index contributed by atoms with van der Waals surface area (Å²) in [5.41, 5.74) is -0.501. The van der Waals surface area contributed by atoms with E-state index < -0.39 is 59.0 Å². The smallest absolute Gasteiger partial charge is 0.463 e. The number of rotatable bonds is 7. The summed E-state index contributed by atoms with van der Waals surface area (Å²) in [6.45, 7) is 3.06. The molecule has 17 nitrogen and oxygen atoms in total. The number of aromatic amines is 1. The average Bonchev–Trinajstić information content (AvgIpc) is 3.52. The number of carbonyl (C=O) groups excluding carboxylic acids is 3. The van der Waals surface area contributed by atoms with E-state index in [0.29, 0.717) is 0 Å². The number of aromatic nitrogens is 6. The first-order valence-corrected chi connectivity index (χ1v) is 10.4. The molecule has 3 aromatic rings. The van der Waals surface area contributed by atoms with Gasteiger partial charge in [0.05, 0.1) is 5.52 Å². The van der Waals surface area contributed by atoms with Crippen molar-refractivity contribution < 1.29 is 38.3 Å². The topological polar surface area (TPSA) is 213 Å². The van der Waals surface area contributed by atoms with Crippen molar-refractivity contribution in [3.8, 4) is 5.82 Å². The molecule has 4 rings (SSSR count). The van der Waals surface area contributed by atoms with Gasteiger partial charge in [-0.3, -0.25) is 19.0 Å². The molecule has 1 fully saturated rings. The molecule has 0 spiro atoms. The van der Waals surface area contributed by atoms with E-state index in [0.717, 1.165) is 29.4 Å². The molecule has 1 N–H and O–H groups in total. The minimum atomic E-state index is -1.35. The van der Waals surface area contributed by atoms with Gasteiger partial charge in [-0.25, -0.2) is 4.79 Å². The van der Waals surface area contributed by atoms with Crippen LogP contribution in [0.2, 0.25) is 0 Å². The highest BCUT2D eigenvalue weighted by atomic mass is 16.7. The summed E-state index contributed by atoms with van der Waals surface area (Å²) in [7, 11) is 0. The van der Waals surface area contributed by atoms with Crippen LogP contribution in [0.3, 0.4) is 0 Å². The lowest BCUT2D eigenvalue weighted by Crippen LogP contribution is -2.42. The van der Waals surface area contributed by atoms with Crippen LogP contribution in [-0.4, -0.2) is 77.0 Å². The van der Waals surface area contributed by atoms with Crippen LogP contribution >= 0.6 is 0 Å². The molecule has 0 aromatic carbocycles. The maximum Gasteiger partial charge on any atom is 0.491 e. The Kier molecular flexibility index (Phi) is 6.47. The van der Waals surface area contributed by atoms with Gasteiger partial charge < -0.3 is 34.0 Å². The first-order chi connectivity index (χ1) is 17.1. The monoisotopic (exact) mass is 505 g/mol. The molecule has 36 heavy (non-hydrogen) atoms. The van der Waals surface area contributed by atoms with Crippen molar-refractivity contribution in [2.24, 2.45) is 0 Å². The van der Waals surface area contributed by atoms with Crippen LogP contribution in [0.1, 0.15) is 27.0 Å². The molecule has 4 heterocycles. The van der Waals surface area contributed by atoms with E-state index in [4.69, 9.17) is 18.9 Å². The normalized spacial score (nSPS) is 21.3.